The Labute approximate surface area is 124 Å². The first-order valence-corrected chi connectivity index (χ1v) is 6.62. The van der Waals surface area contributed by atoms with Crippen molar-refractivity contribution < 1.29 is 18.1 Å². The second-order valence-corrected chi connectivity index (χ2v) is 4.55. The molecule has 0 spiro atoms. The lowest BCUT2D eigenvalue weighted by molar-refractivity contribution is -0.116. The standard InChI is InChI=1S/C15H12FN3O3/c16-10-3-1-4-11(9-10)17-13(20)6-7-14-18-15(19-22-14)12-5-2-8-21-12/h1-5,8-9H,6-7H2,(H,17,20). The molecule has 7 heteroatoms. The van der Waals surface area contributed by atoms with Gasteiger partial charge < -0.3 is 14.3 Å². The molecular formula is C15H12FN3O3. The van der Waals surface area contributed by atoms with Gasteiger partial charge in [-0.15, -0.1) is 0 Å². The Kier molecular flexibility index (Phi) is 3.95. The Morgan fingerprint density at radius 1 is 1.27 bits per heavy atom. The van der Waals surface area contributed by atoms with E-state index in [1.165, 1.54) is 24.5 Å². The highest BCUT2D eigenvalue weighted by Gasteiger charge is 2.12. The second kappa shape index (κ2) is 6.21. The number of nitrogens with zero attached hydrogens (tertiary/aromatic N) is 2. The molecule has 1 aromatic carbocycles. The van der Waals surface area contributed by atoms with Crippen molar-refractivity contribution in [3.63, 3.8) is 0 Å². The maximum absolute atomic E-state index is 13.0. The van der Waals surface area contributed by atoms with Gasteiger partial charge in [-0.3, -0.25) is 4.79 Å². The maximum Gasteiger partial charge on any atom is 0.238 e. The predicted molar refractivity (Wildman–Crippen MR) is 75.4 cm³/mol. The smallest absolute Gasteiger partial charge is 0.238 e. The molecule has 2 heterocycles. The first-order chi connectivity index (χ1) is 10.7. The van der Waals surface area contributed by atoms with Crippen molar-refractivity contribution >= 4 is 11.6 Å². The molecule has 0 aliphatic carbocycles. The molecule has 0 atom stereocenters. The summed E-state index contributed by atoms with van der Waals surface area (Å²) in [5, 5.41) is 6.37. The van der Waals surface area contributed by atoms with Crippen LogP contribution in [0.5, 0.6) is 0 Å². The largest absolute Gasteiger partial charge is 0.461 e. The van der Waals surface area contributed by atoms with E-state index >= 15 is 0 Å². The number of rotatable bonds is 5. The summed E-state index contributed by atoms with van der Waals surface area (Å²) >= 11 is 0. The van der Waals surface area contributed by atoms with Gasteiger partial charge in [-0.25, -0.2) is 4.39 Å². The zero-order valence-electron chi connectivity index (χ0n) is 11.5. The zero-order valence-corrected chi connectivity index (χ0v) is 11.5. The van der Waals surface area contributed by atoms with Crippen LogP contribution in [-0.2, 0) is 11.2 Å². The molecule has 0 radical (unpaired) electrons. The molecule has 0 unspecified atom stereocenters. The van der Waals surface area contributed by atoms with E-state index in [0.29, 0.717) is 23.2 Å². The van der Waals surface area contributed by atoms with Crippen molar-refractivity contribution in [1.82, 2.24) is 10.1 Å². The number of furan rings is 1. The van der Waals surface area contributed by atoms with E-state index in [4.69, 9.17) is 8.94 Å². The van der Waals surface area contributed by atoms with Gasteiger partial charge in [-0.05, 0) is 30.3 Å². The van der Waals surface area contributed by atoms with Crippen molar-refractivity contribution in [2.24, 2.45) is 0 Å². The topological polar surface area (TPSA) is 81.2 Å². The monoisotopic (exact) mass is 301 g/mol. The highest BCUT2D eigenvalue weighted by atomic mass is 19.1. The van der Waals surface area contributed by atoms with Crippen LogP contribution in [0.1, 0.15) is 12.3 Å². The lowest BCUT2D eigenvalue weighted by Gasteiger charge is -2.03. The second-order valence-electron chi connectivity index (χ2n) is 4.55. The molecule has 0 saturated carbocycles. The molecule has 3 aromatic rings. The van der Waals surface area contributed by atoms with Crippen LogP contribution < -0.4 is 5.32 Å². The highest BCUT2D eigenvalue weighted by Crippen LogP contribution is 2.16. The normalized spacial score (nSPS) is 10.6. The van der Waals surface area contributed by atoms with E-state index in [2.05, 4.69) is 15.5 Å². The SMILES string of the molecule is O=C(CCc1nc(-c2ccco2)no1)Nc1cccc(F)c1. The van der Waals surface area contributed by atoms with E-state index < -0.39 is 5.82 Å². The van der Waals surface area contributed by atoms with Gasteiger partial charge in [0.15, 0.2) is 5.76 Å². The van der Waals surface area contributed by atoms with Gasteiger partial charge in [-0.1, -0.05) is 11.2 Å². The fourth-order valence-electron chi connectivity index (χ4n) is 1.87. The summed E-state index contributed by atoms with van der Waals surface area (Å²) in [5.41, 5.74) is 0.409. The van der Waals surface area contributed by atoms with Crippen molar-refractivity contribution in [2.75, 3.05) is 5.32 Å². The fraction of sp³-hybridized carbons (Fsp3) is 0.133. The molecule has 0 bridgehead atoms. The minimum absolute atomic E-state index is 0.149. The van der Waals surface area contributed by atoms with Crippen molar-refractivity contribution in [2.45, 2.75) is 12.8 Å². The van der Waals surface area contributed by atoms with Crippen LogP contribution in [0.3, 0.4) is 0 Å². The van der Waals surface area contributed by atoms with Crippen LogP contribution in [0.15, 0.2) is 51.6 Å². The average molecular weight is 301 g/mol. The van der Waals surface area contributed by atoms with Gasteiger partial charge in [0.1, 0.15) is 5.82 Å². The molecule has 22 heavy (non-hydrogen) atoms. The number of hydrogen-bond donors (Lipinski definition) is 1. The van der Waals surface area contributed by atoms with Crippen molar-refractivity contribution in [3.05, 3.63) is 54.4 Å². The van der Waals surface area contributed by atoms with E-state index in [1.807, 2.05) is 0 Å². The third-order valence-electron chi connectivity index (χ3n) is 2.88. The molecular weight excluding hydrogens is 289 g/mol. The Bertz CT molecular complexity index is 768. The first-order valence-electron chi connectivity index (χ1n) is 6.62. The molecule has 2 aromatic heterocycles. The van der Waals surface area contributed by atoms with Crippen LogP contribution >= 0.6 is 0 Å². The van der Waals surface area contributed by atoms with Gasteiger partial charge in [0, 0.05) is 18.5 Å². The quantitative estimate of drug-likeness (QED) is 0.783. The first kappa shape index (κ1) is 14.0. The third kappa shape index (κ3) is 3.38. The lowest BCUT2D eigenvalue weighted by atomic mass is 10.2. The van der Waals surface area contributed by atoms with Gasteiger partial charge in [0.25, 0.3) is 0 Å². The van der Waals surface area contributed by atoms with Crippen LogP contribution in [0.2, 0.25) is 0 Å². The number of benzene rings is 1. The Hall–Kier alpha value is -2.96. The molecule has 1 N–H and O–H groups in total. The van der Waals surface area contributed by atoms with Crippen molar-refractivity contribution in [1.29, 1.82) is 0 Å². The number of aromatic nitrogens is 2. The van der Waals surface area contributed by atoms with Crippen LogP contribution in [0.25, 0.3) is 11.6 Å². The fourth-order valence-corrected chi connectivity index (χ4v) is 1.87. The molecule has 0 aliphatic heterocycles. The van der Waals surface area contributed by atoms with Crippen LogP contribution in [0, 0.1) is 5.82 Å². The van der Waals surface area contributed by atoms with Gasteiger partial charge in [-0.2, -0.15) is 4.98 Å². The summed E-state index contributed by atoms with van der Waals surface area (Å²) in [5.74, 6) is 0.506. The van der Waals surface area contributed by atoms with Gasteiger partial charge >= 0.3 is 0 Å². The molecule has 1 amide bonds. The van der Waals surface area contributed by atoms with Crippen LogP contribution in [-0.4, -0.2) is 16.0 Å². The number of aryl methyl sites for hydroxylation is 1. The number of carbonyl (C=O) groups excluding carboxylic acids is 1. The number of amides is 1. The molecule has 112 valence electrons. The molecule has 0 saturated heterocycles. The highest BCUT2D eigenvalue weighted by molar-refractivity contribution is 5.90. The van der Waals surface area contributed by atoms with E-state index in [1.54, 1.807) is 18.2 Å². The van der Waals surface area contributed by atoms with Crippen LogP contribution in [0.4, 0.5) is 10.1 Å². The minimum Gasteiger partial charge on any atom is -0.461 e. The minimum atomic E-state index is -0.405. The molecule has 0 aliphatic rings. The maximum atomic E-state index is 13.0. The predicted octanol–water partition coefficient (Wildman–Crippen LogP) is 3.04. The number of anilines is 1. The van der Waals surface area contributed by atoms with Gasteiger partial charge in [0.05, 0.1) is 6.26 Å². The summed E-state index contributed by atoms with van der Waals surface area (Å²) in [6.07, 6.45) is 1.95. The summed E-state index contributed by atoms with van der Waals surface area (Å²) < 4.78 is 23.2. The summed E-state index contributed by atoms with van der Waals surface area (Å²) in [4.78, 5) is 15.9. The summed E-state index contributed by atoms with van der Waals surface area (Å²) in [6.45, 7) is 0. The molecule has 0 fully saturated rings. The number of carbonyl (C=O) groups is 1. The molecule has 3 rings (SSSR count). The number of nitrogens with one attached hydrogen (secondary N) is 1. The average Bonchev–Trinajstić information content (AvgIpc) is 3.16. The summed E-state index contributed by atoms with van der Waals surface area (Å²) in [7, 11) is 0. The van der Waals surface area contributed by atoms with Crippen molar-refractivity contribution in [3.8, 4) is 11.6 Å². The third-order valence-corrected chi connectivity index (χ3v) is 2.88. The number of hydrogen-bond acceptors (Lipinski definition) is 5. The Morgan fingerprint density at radius 3 is 2.95 bits per heavy atom. The van der Waals surface area contributed by atoms with Gasteiger partial charge in [0.2, 0.25) is 17.6 Å². The Morgan fingerprint density at radius 2 is 2.18 bits per heavy atom. The summed E-state index contributed by atoms with van der Waals surface area (Å²) in [6, 6.07) is 9.13. The van der Waals surface area contributed by atoms with E-state index in [9.17, 15) is 9.18 Å². The van der Waals surface area contributed by atoms with E-state index in [-0.39, 0.29) is 18.7 Å². The lowest BCUT2D eigenvalue weighted by Crippen LogP contribution is -2.12. The Balaban J connectivity index is 1.55. The zero-order chi connectivity index (χ0) is 15.4. The van der Waals surface area contributed by atoms with E-state index in [0.717, 1.165) is 0 Å². The number of halogens is 1. The molecule has 6 nitrogen and oxygen atoms in total.